The van der Waals surface area contributed by atoms with E-state index in [-0.39, 0.29) is 23.9 Å². The van der Waals surface area contributed by atoms with Gasteiger partial charge in [-0.05, 0) is 44.9 Å². The summed E-state index contributed by atoms with van der Waals surface area (Å²) in [4.78, 5) is 32.7. The van der Waals surface area contributed by atoms with Crippen molar-refractivity contribution in [1.82, 2.24) is 19.7 Å². The monoisotopic (exact) mass is 444 g/mol. The molecule has 9 heteroatoms. The van der Waals surface area contributed by atoms with Crippen LogP contribution in [0.15, 0.2) is 29.3 Å². The molecular weight excluding hydrogens is 420 g/mol. The van der Waals surface area contributed by atoms with Gasteiger partial charge in [-0.2, -0.15) is 0 Å². The minimum Gasteiger partial charge on any atom is -0.493 e. The van der Waals surface area contributed by atoms with Gasteiger partial charge in [0.25, 0.3) is 11.5 Å². The summed E-state index contributed by atoms with van der Waals surface area (Å²) in [5, 5.41) is 3.27. The van der Waals surface area contributed by atoms with Gasteiger partial charge in [0.2, 0.25) is 0 Å². The summed E-state index contributed by atoms with van der Waals surface area (Å²) in [7, 11) is 0. The predicted molar refractivity (Wildman–Crippen MR) is 117 cm³/mol. The number of hydrogen-bond acceptors (Lipinski definition) is 5. The highest BCUT2D eigenvalue weighted by Crippen LogP contribution is 2.30. The molecule has 1 aliphatic heterocycles. The molecule has 1 amide bonds. The molecular formula is C22H25ClN4O4. The van der Waals surface area contributed by atoms with Gasteiger partial charge in [-0.15, -0.1) is 0 Å². The molecule has 31 heavy (non-hydrogen) atoms. The number of carbonyl (C=O) groups is 1. The van der Waals surface area contributed by atoms with Gasteiger partial charge in [0, 0.05) is 29.8 Å². The number of fused-ring (bicyclic) bond motifs is 1. The molecule has 0 bridgehead atoms. The number of ether oxygens (including phenoxy) is 2. The van der Waals surface area contributed by atoms with Crippen LogP contribution in [-0.4, -0.2) is 40.1 Å². The van der Waals surface area contributed by atoms with E-state index in [2.05, 4.69) is 15.3 Å². The van der Waals surface area contributed by atoms with Gasteiger partial charge in [-0.3, -0.25) is 14.0 Å². The van der Waals surface area contributed by atoms with Gasteiger partial charge in [0.1, 0.15) is 17.8 Å². The molecule has 1 aliphatic rings. The average Bonchev–Trinajstić information content (AvgIpc) is 3.16. The van der Waals surface area contributed by atoms with E-state index in [4.69, 9.17) is 21.1 Å². The molecule has 4 heterocycles. The highest BCUT2D eigenvalue weighted by atomic mass is 35.5. The van der Waals surface area contributed by atoms with Crippen molar-refractivity contribution in [3.8, 4) is 5.75 Å². The lowest BCUT2D eigenvalue weighted by Gasteiger charge is -2.20. The molecule has 3 aromatic heterocycles. The summed E-state index contributed by atoms with van der Waals surface area (Å²) in [6, 6.07) is 5.18. The molecule has 164 valence electrons. The molecule has 1 saturated heterocycles. The Hall–Kier alpha value is -2.84. The topological polar surface area (TPSA) is 97.7 Å². The smallest absolute Gasteiger partial charge is 0.268 e. The first kappa shape index (κ1) is 21.4. The molecule has 0 spiro atoms. The number of hydrogen-bond donors (Lipinski definition) is 2. The first-order valence-corrected chi connectivity index (χ1v) is 10.7. The van der Waals surface area contributed by atoms with Crippen LogP contribution >= 0.6 is 11.6 Å². The van der Waals surface area contributed by atoms with Crippen molar-refractivity contribution in [2.75, 3.05) is 19.8 Å². The van der Waals surface area contributed by atoms with Crippen LogP contribution in [0.2, 0.25) is 5.02 Å². The number of pyridine rings is 2. The van der Waals surface area contributed by atoms with Crippen molar-refractivity contribution in [3.63, 3.8) is 0 Å². The fourth-order valence-electron chi connectivity index (χ4n) is 3.94. The van der Waals surface area contributed by atoms with Crippen molar-refractivity contribution in [1.29, 1.82) is 0 Å². The average molecular weight is 445 g/mol. The summed E-state index contributed by atoms with van der Waals surface area (Å²) >= 11 is 6.34. The van der Waals surface area contributed by atoms with Crippen molar-refractivity contribution in [2.24, 2.45) is 0 Å². The molecule has 0 saturated carbocycles. The number of carbonyl (C=O) groups excluding carboxylic acids is 1. The molecule has 0 radical (unpaired) electrons. The van der Waals surface area contributed by atoms with E-state index in [0.29, 0.717) is 47.5 Å². The van der Waals surface area contributed by atoms with E-state index in [1.807, 2.05) is 13.0 Å². The van der Waals surface area contributed by atoms with Crippen LogP contribution in [0.5, 0.6) is 5.75 Å². The fourth-order valence-corrected chi connectivity index (χ4v) is 4.14. The number of aryl methyl sites for hydroxylation is 1. The van der Waals surface area contributed by atoms with Crippen LogP contribution in [0.4, 0.5) is 0 Å². The zero-order chi connectivity index (χ0) is 22.0. The van der Waals surface area contributed by atoms with E-state index in [1.165, 1.54) is 0 Å². The molecule has 4 rings (SSSR count). The molecule has 0 atom stereocenters. The van der Waals surface area contributed by atoms with Crippen LogP contribution in [0, 0.1) is 6.92 Å². The number of H-pyrrole nitrogens is 1. The molecule has 0 aromatic carbocycles. The second-order valence-electron chi connectivity index (χ2n) is 7.57. The van der Waals surface area contributed by atoms with E-state index in [0.717, 1.165) is 24.1 Å². The molecule has 3 aromatic rings. The number of imidazole rings is 1. The largest absolute Gasteiger partial charge is 0.493 e. The highest BCUT2D eigenvalue weighted by Gasteiger charge is 2.23. The minimum absolute atomic E-state index is 0.0271. The minimum atomic E-state index is -0.356. The van der Waals surface area contributed by atoms with Crippen LogP contribution in [0.25, 0.3) is 5.52 Å². The summed E-state index contributed by atoms with van der Waals surface area (Å²) in [5.41, 5.74) is 2.87. The van der Waals surface area contributed by atoms with E-state index >= 15 is 0 Å². The Kier molecular flexibility index (Phi) is 6.29. The standard InChI is InChI=1S/C22H25ClN4O4/c1-3-31-19-8-13(2)26-21(28)16(19)11-24-22(29)18-10-15(23)9-17-20(25-12-27(17)18)14-4-6-30-7-5-14/h8-10,12,14H,3-7,11H2,1-2H3,(H,24,29)(H,26,28). The van der Waals surface area contributed by atoms with Crippen molar-refractivity contribution >= 4 is 23.0 Å². The van der Waals surface area contributed by atoms with E-state index in [1.54, 1.807) is 29.8 Å². The fraction of sp³-hybridized carbons (Fsp3) is 0.409. The molecule has 2 N–H and O–H groups in total. The van der Waals surface area contributed by atoms with Crippen LogP contribution < -0.4 is 15.6 Å². The molecule has 1 fully saturated rings. The Bertz CT molecular complexity index is 1160. The lowest BCUT2D eigenvalue weighted by Crippen LogP contribution is -2.29. The Morgan fingerprint density at radius 3 is 2.87 bits per heavy atom. The number of nitrogens with one attached hydrogen (secondary N) is 2. The quantitative estimate of drug-likeness (QED) is 0.608. The Morgan fingerprint density at radius 1 is 1.35 bits per heavy atom. The number of halogens is 1. The molecule has 0 aliphatic carbocycles. The van der Waals surface area contributed by atoms with Gasteiger partial charge in [0.15, 0.2) is 0 Å². The summed E-state index contributed by atoms with van der Waals surface area (Å²) < 4.78 is 12.8. The van der Waals surface area contributed by atoms with Crippen LogP contribution in [0.1, 0.15) is 53.1 Å². The van der Waals surface area contributed by atoms with Crippen molar-refractivity contribution < 1.29 is 14.3 Å². The summed E-state index contributed by atoms with van der Waals surface area (Å²) in [6.45, 7) is 5.47. The van der Waals surface area contributed by atoms with Crippen molar-refractivity contribution in [3.05, 3.63) is 62.5 Å². The van der Waals surface area contributed by atoms with Gasteiger partial charge < -0.3 is 19.8 Å². The number of amides is 1. The highest BCUT2D eigenvalue weighted by molar-refractivity contribution is 6.31. The zero-order valence-corrected chi connectivity index (χ0v) is 18.3. The maximum absolute atomic E-state index is 13.0. The first-order valence-electron chi connectivity index (χ1n) is 10.4. The maximum atomic E-state index is 13.0. The lowest BCUT2D eigenvalue weighted by molar-refractivity contribution is 0.0848. The Labute approximate surface area is 184 Å². The van der Waals surface area contributed by atoms with Gasteiger partial charge in [0.05, 0.1) is 29.9 Å². The predicted octanol–water partition coefficient (Wildman–Crippen LogP) is 3.21. The number of aromatic nitrogens is 3. The third kappa shape index (κ3) is 4.45. The second-order valence-corrected chi connectivity index (χ2v) is 8.01. The van der Waals surface area contributed by atoms with E-state index in [9.17, 15) is 9.59 Å². The number of aromatic amines is 1. The molecule has 8 nitrogen and oxygen atoms in total. The third-order valence-corrected chi connectivity index (χ3v) is 5.66. The van der Waals surface area contributed by atoms with E-state index < -0.39 is 0 Å². The maximum Gasteiger partial charge on any atom is 0.268 e. The second kappa shape index (κ2) is 9.11. The molecule has 0 unspecified atom stereocenters. The van der Waals surface area contributed by atoms with Gasteiger partial charge in [-0.25, -0.2) is 4.98 Å². The summed E-state index contributed by atoms with van der Waals surface area (Å²) in [5.74, 6) is 0.378. The van der Waals surface area contributed by atoms with Gasteiger partial charge in [-0.1, -0.05) is 11.6 Å². The van der Waals surface area contributed by atoms with Crippen LogP contribution in [0.3, 0.4) is 0 Å². The van der Waals surface area contributed by atoms with Gasteiger partial charge >= 0.3 is 0 Å². The zero-order valence-electron chi connectivity index (χ0n) is 17.5. The van der Waals surface area contributed by atoms with Crippen molar-refractivity contribution in [2.45, 2.75) is 39.2 Å². The van der Waals surface area contributed by atoms with Crippen LogP contribution in [-0.2, 0) is 11.3 Å². The lowest BCUT2D eigenvalue weighted by atomic mass is 9.96. The first-order chi connectivity index (χ1) is 15.0. The SMILES string of the molecule is CCOc1cc(C)[nH]c(=O)c1CNC(=O)c1cc(Cl)cc2c(C3CCOCC3)ncn12. The Balaban J connectivity index is 1.62. The third-order valence-electron chi connectivity index (χ3n) is 5.44. The Morgan fingerprint density at radius 2 is 2.13 bits per heavy atom. The summed E-state index contributed by atoms with van der Waals surface area (Å²) in [6.07, 6.45) is 3.42. The number of rotatable bonds is 6. The number of nitrogens with zero attached hydrogens (tertiary/aromatic N) is 2. The normalized spacial score (nSPS) is 14.7.